The molecule has 0 aromatic rings. The molecule has 0 rings (SSSR count). The summed E-state index contributed by atoms with van der Waals surface area (Å²) in [5.41, 5.74) is -0.430. The van der Waals surface area contributed by atoms with Crippen LogP contribution in [0.4, 0.5) is 0 Å². The average Bonchev–Trinajstić information content (AvgIpc) is 2.34. The third kappa shape index (κ3) is 5.16. The van der Waals surface area contributed by atoms with E-state index in [9.17, 15) is 9.90 Å². The quantitative estimate of drug-likeness (QED) is 0.243. The highest BCUT2D eigenvalue weighted by Gasteiger charge is 2.29. The van der Waals surface area contributed by atoms with E-state index in [1.165, 1.54) is 0 Å². The Morgan fingerprint density at radius 3 is 2.71 bits per heavy atom. The van der Waals surface area contributed by atoms with E-state index >= 15 is 0 Å². The van der Waals surface area contributed by atoms with Gasteiger partial charge in [0.15, 0.2) is 10.7 Å². The van der Waals surface area contributed by atoms with Crippen molar-refractivity contribution in [3.05, 3.63) is 29.1 Å². The van der Waals surface area contributed by atoms with Crippen molar-refractivity contribution >= 4 is 5.97 Å². The average molecular weight is 239 g/mol. The van der Waals surface area contributed by atoms with E-state index in [2.05, 4.69) is 16.3 Å². The fourth-order valence-electron chi connectivity index (χ4n) is 1.50. The molecular weight excluding hydrogens is 220 g/mol. The minimum atomic E-state index is -0.846. The Labute approximate surface area is 101 Å². The molecule has 5 heteroatoms. The number of rotatable bonds is 7. The van der Waals surface area contributed by atoms with Gasteiger partial charge in [-0.1, -0.05) is 19.4 Å². The van der Waals surface area contributed by atoms with Crippen LogP contribution in [-0.2, 0) is 9.53 Å². The number of ether oxygens (including phenoxy) is 1. The number of aliphatic hydroxyl groups is 1. The third-order valence-corrected chi connectivity index (χ3v) is 2.62. The standard InChI is InChI=1S/C12H18N2O3/c1-4-6-9(5-2)7-8-10(15)11(14-13)12(16)17-3/h4,9H,1,5-8H2,2-3H3/p+1. The predicted molar refractivity (Wildman–Crippen MR) is 64.6 cm³/mol. The molecule has 0 saturated carbocycles. The van der Waals surface area contributed by atoms with Crippen LogP contribution < -0.4 is 0 Å². The van der Waals surface area contributed by atoms with E-state index in [4.69, 9.17) is 5.39 Å². The SMILES string of the molecule is C=CCC(CC)CC/C(O)=C(\[N+]#N)C(=O)OC. The van der Waals surface area contributed by atoms with Crippen LogP contribution in [-0.4, -0.2) is 18.2 Å². The zero-order valence-corrected chi connectivity index (χ0v) is 10.3. The first-order chi connectivity index (χ1) is 8.10. The van der Waals surface area contributed by atoms with Crippen LogP contribution in [0.3, 0.4) is 0 Å². The van der Waals surface area contributed by atoms with E-state index in [1.807, 2.05) is 13.0 Å². The van der Waals surface area contributed by atoms with Crippen LogP contribution in [0.5, 0.6) is 0 Å². The number of allylic oxidation sites excluding steroid dienone is 2. The Bertz CT molecular complexity index is 342. The number of carbonyl (C=O) groups is 1. The molecule has 0 spiro atoms. The molecule has 0 amide bonds. The highest BCUT2D eigenvalue weighted by Crippen LogP contribution is 2.20. The number of nitrogens with zero attached hydrogens (tertiary/aromatic N) is 2. The van der Waals surface area contributed by atoms with Gasteiger partial charge in [-0.15, -0.1) is 6.58 Å². The van der Waals surface area contributed by atoms with Crippen LogP contribution >= 0.6 is 0 Å². The summed E-state index contributed by atoms with van der Waals surface area (Å²) in [7, 11) is 1.16. The first-order valence-corrected chi connectivity index (χ1v) is 5.57. The van der Waals surface area contributed by atoms with Crippen molar-refractivity contribution in [2.45, 2.75) is 32.6 Å². The highest BCUT2D eigenvalue weighted by molar-refractivity contribution is 5.90. The third-order valence-electron chi connectivity index (χ3n) is 2.62. The number of methoxy groups -OCH3 is 1. The molecule has 17 heavy (non-hydrogen) atoms. The molecule has 0 saturated heterocycles. The summed E-state index contributed by atoms with van der Waals surface area (Å²) in [6.45, 7) is 5.71. The lowest BCUT2D eigenvalue weighted by molar-refractivity contribution is -0.136. The molecule has 1 N–H and O–H groups in total. The molecule has 1 atom stereocenters. The first kappa shape index (κ1) is 15.2. The highest BCUT2D eigenvalue weighted by atomic mass is 16.5. The van der Waals surface area contributed by atoms with E-state index in [0.717, 1.165) is 20.0 Å². The van der Waals surface area contributed by atoms with Crippen LogP contribution in [0, 0.1) is 11.3 Å². The molecule has 0 bridgehead atoms. The van der Waals surface area contributed by atoms with E-state index < -0.39 is 11.7 Å². The van der Waals surface area contributed by atoms with Crippen molar-refractivity contribution in [3.63, 3.8) is 0 Å². The zero-order chi connectivity index (χ0) is 13.3. The molecular formula is C12H19N2O3+. The Kier molecular flexibility index (Phi) is 7.44. The molecule has 1 unspecified atom stereocenters. The molecule has 0 aromatic carbocycles. The number of hydrogen-bond donors (Lipinski definition) is 1. The van der Waals surface area contributed by atoms with Crippen molar-refractivity contribution in [3.8, 4) is 0 Å². The van der Waals surface area contributed by atoms with Gasteiger partial charge in [0.05, 0.1) is 7.11 Å². The molecule has 0 fully saturated rings. The summed E-state index contributed by atoms with van der Waals surface area (Å²) in [6, 6.07) is 0. The molecule has 0 aliphatic heterocycles. The van der Waals surface area contributed by atoms with Crippen molar-refractivity contribution in [1.82, 2.24) is 0 Å². The van der Waals surface area contributed by atoms with Gasteiger partial charge in [0.1, 0.15) is 0 Å². The molecule has 0 aliphatic carbocycles. The van der Waals surface area contributed by atoms with Gasteiger partial charge in [0.25, 0.3) is 0 Å². The number of carbonyl (C=O) groups excluding carboxylic acids is 1. The maximum Gasteiger partial charge on any atom is 0.505 e. The maximum absolute atomic E-state index is 11.1. The maximum atomic E-state index is 11.1. The monoisotopic (exact) mass is 239 g/mol. The smallest absolute Gasteiger partial charge is 0.505 e. The summed E-state index contributed by atoms with van der Waals surface area (Å²) < 4.78 is 4.38. The molecule has 0 aromatic heterocycles. The number of esters is 1. The van der Waals surface area contributed by atoms with Gasteiger partial charge < -0.3 is 9.84 Å². The van der Waals surface area contributed by atoms with E-state index in [0.29, 0.717) is 12.3 Å². The lowest BCUT2D eigenvalue weighted by Crippen LogP contribution is -2.06. The van der Waals surface area contributed by atoms with Gasteiger partial charge in [-0.05, 0) is 18.8 Å². The van der Waals surface area contributed by atoms with Crippen molar-refractivity contribution < 1.29 is 14.6 Å². The Morgan fingerprint density at radius 2 is 2.29 bits per heavy atom. The summed E-state index contributed by atoms with van der Waals surface area (Å²) >= 11 is 0. The van der Waals surface area contributed by atoms with Crippen LogP contribution in [0.25, 0.3) is 4.98 Å². The number of diazo groups is 1. The van der Waals surface area contributed by atoms with Crippen LogP contribution in [0.2, 0.25) is 0 Å². The summed E-state index contributed by atoms with van der Waals surface area (Å²) in [5, 5.41) is 18.2. The van der Waals surface area contributed by atoms with E-state index in [-0.39, 0.29) is 12.2 Å². The van der Waals surface area contributed by atoms with E-state index in [1.54, 1.807) is 0 Å². The molecule has 0 aliphatic rings. The predicted octanol–water partition coefficient (Wildman–Crippen LogP) is 3.16. The van der Waals surface area contributed by atoms with Crippen molar-refractivity contribution in [2.75, 3.05) is 7.11 Å². The normalized spacial score (nSPS) is 13.2. The van der Waals surface area contributed by atoms with Gasteiger partial charge in [-0.3, -0.25) is 0 Å². The second kappa shape index (κ2) is 8.34. The number of aliphatic hydroxyl groups excluding tert-OH is 1. The molecule has 5 nitrogen and oxygen atoms in total. The lowest BCUT2D eigenvalue weighted by atomic mass is 9.96. The fraction of sp³-hybridized carbons (Fsp3) is 0.583. The van der Waals surface area contributed by atoms with Crippen LogP contribution in [0.15, 0.2) is 24.1 Å². The number of hydrogen-bond acceptors (Lipinski definition) is 4. The van der Waals surface area contributed by atoms with Gasteiger partial charge in [0.2, 0.25) is 5.39 Å². The van der Waals surface area contributed by atoms with Crippen LogP contribution in [0.1, 0.15) is 32.6 Å². The summed E-state index contributed by atoms with van der Waals surface area (Å²) in [6.07, 6.45) is 4.62. The summed E-state index contributed by atoms with van der Waals surface area (Å²) in [5.74, 6) is -0.698. The topological polar surface area (TPSA) is 74.7 Å². The fourth-order valence-corrected chi connectivity index (χ4v) is 1.50. The molecule has 94 valence electrons. The van der Waals surface area contributed by atoms with Gasteiger partial charge in [0, 0.05) is 6.42 Å². The van der Waals surface area contributed by atoms with Crippen molar-refractivity contribution in [2.24, 2.45) is 5.92 Å². The summed E-state index contributed by atoms with van der Waals surface area (Å²) in [4.78, 5) is 13.9. The lowest BCUT2D eigenvalue weighted by Gasteiger charge is -2.10. The zero-order valence-electron chi connectivity index (χ0n) is 10.3. The van der Waals surface area contributed by atoms with Gasteiger partial charge in [-0.25, -0.2) is 4.79 Å². The largest absolute Gasteiger partial charge is 0.505 e. The molecule has 0 radical (unpaired) electrons. The Morgan fingerprint density at radius 1 is 1.65 bits per heavy atom. The molecule has 0 heterocycles. The first-order valence-electron chi connectivity index (χ1n) is 5.57. The Hall–Kier alpha value is -1.83. The van der Waals surface area contributed by atoms with Crippen molar-refractivity contribution in [1.29, 1.82) is 5.39 Å². The van der Waals surface area contributed by atoms with Gasteiger partial charge in [-0.2, -0.15) is 0 Å². The van der Waals surface area contributed by atoms with Gasteiger partial charge >= 0.3 is 11.7 Å². The second-order valence-corrected chi connectivity index (χ2v) is 3.72. The minimum absolute atomic E-state index is 0.248. The minimum Gasteiger partial charge on any atom is -0.505 e. The second-order valence-electron chi connectivity index (χ2n) is 3.72. The Balaban J connectivity index is 4.54.